The van der Waals surface area contributed by atoms with Crippen LogP contribution in [0.4, 0.5) is 4.39 Å². The molecule has 88 valence electrons. The molecule has 0 unspecified atom stereocenters. The van der Waals surface area contributed by atoms with Crippen LogP contribution in [0.2, 0.25) is 0 Å². The molecule has 3 heteroatoms. The van der Waals surface area contributed by atoms with Crippen molar-refractivity contribution < 1.29 is 9.13 Å². The highest BCUT2D eigenvalue weighted by atomic mass is 19.1. The standard InChI is InChI=1S/C13H18FNO/c1-10(2)6-8-16-13-4-3-12(14)9-11(13)5-7-15/h3-4,6,9H,5,7-8,15H2,1-2H3. The van der Waals surface area contributed by atoms with Crippen LogP contribution in [-0.2, 0) is 6.42 Å². The summed E-state index contributed by atoms with van der Waals surface area (Å²) in [7, 11) is 0. The molecule has 0 saturated heterocycles. The van der Waals surface area contributed by atoms with E-state index in [9.17, 15) is 4.39 Å². The minimum Gasteiger partial charge on any atom is -0.489 e. The summed E-state index contributed by atoms with van der Waals surface area (Å²) in [6.07, 6.45) is 2.61. The first kappa shape index (κ1) is 12.7. The first-order chi connectivity index (χ1) is 7.63. The average Bonchev–Trinajstić information content (AvgIpc) is 2.21. The normalized spacial score (nSPS) is 10.0. The Morgan fingerprint density at radius 3 is 2.81 bits per heavy atom. The second-order valence-corrected chi connectivity index (χ2v) is 3.88. The van der Waals surface area contributed by atoms with E-state index >= 15 is 0 Å². The van der Waals surface area contributed by atoms with E-state index in [4.69, 9.17) is 10.5 Å². The molecule has 0 fully saturated rings. The lowest BCUT2D eigenvalue weighted by molar-refractivity contribution is 0.357. The van der Waals surface area contributed by atoms with E-state index < -0.39 is 0 Å². The fraction of sp³-hybridized carbons (Fsp3) is 0.385. The maximum absolute atomic E-state index is 13.0. The number of allylic oxidation sites excluding steroid dienone is 1. The molecule has 1 aromatic carbocycles. The molecule has 0 amide bonds. The van der Waals surface area contributed by atoms with Gasteiger partial charge in [-0.05, 0) is 56.7 Å². The highest BCUT2D eigenvalue weighted by Crippen LogP contribution is 2.20. The SMILES string of the molecule is CC(C)=CCOc1ccc(F)cc1CCN. The van der Waals surface area contributed by atoms with Gasteiger partial charge in [0.1, 0.15) is 18.2 Å². The van der Waals surface area contributed by atoms with Crippen LogP contribution in [0.25, 0.3) is 0 Å². The smallest absolute Gasteiger partial charge is 0.123 e. The molecule has 0 aliphatic carbocycles. The Hall–Kier alpha value is -1.35. The van der Waals surface area contributed by atoms with Crippen molar-refractivity contribution in [2.45, 2.75) is 20.3 Å². The molecule has 0 bridgehead atoms. The molecule has 0 aliphatic heterocycles. The van der Waals surface area contributed by atoms with E-state index in [1.807, 2.05) is 19.9 Å². The van der Waals surface area contributed by atoms with Crippen molar-refractivity contribution in [1.82, 2.24) is 0 Å². The van der Waals surface area contributed by atoms with E-state index in [2.05, 4.69) is 0 Å². The largest absolute Gasteiger partial charge is 0.489 e. The summed E-state index contributed by atoms with van der Waals surface area (Å²) in [6.45, 7) is 5.01. The molecule has 16 heavy (non-hydrogen) atoms. The van der Waals surface area contributed by atoms with E-state index in [1.54, 1.807) is 6.07 Å². The van der Waals surface area contributed by atoms with Crippen LogP contribution in [0.3, 0.4) is 0 Å². The van der Waals surface area contributed by atoms with Crippen molar-refractivity contribution in [3.63, 3.8) is 0 Å². The molecule has 0 aliphatic rings. The molecule has 0 saturated carbocycles. The molecule has 2 N–H and O–H groups in total. The lowest BCUT2D eigenvalue weighted by atomic mass is 10.1. The van der Waals surface area contributed by atoms with Crippen LogP contribution >= 0.6 is 0 Å². The van der Waals surface area contributed by atoms with Gasteiger partial charge in [-0.25, -0.2) is 4.39 Å². The van der Waals surface area contributed by atoms with Crippen LogP contribution < -0.4 is 10.5 Å². The van der Waals surface area contributed by atoms with Crippen molar-refractivity contribution in [2.24, 2.45) is 5.73 Å². The Morgan fingerprint density at radius 2 is 2.19 bits per heavy atom. The van der Waals surface area contributed by atoms with Crippen molar-refractivity contribution in [3.8, 4) is 5.75 Å². The highest BCUT2D eigenvalue weighted by molar-refractivity contribution is 5.34. The summed E-state index contributed by atoms with van der Waals surface area (Å²) in [6, 6.07) is 4.53. The van der Waals surface area contributed by atoms with Crippen LogP contribution in [0, 0.1) is 5.82 Å². The van der Waals surface area contributed by atoms with Gasteiger partial charge >= 0.3 is 0 Å². The number of ether oxygens (including phenoxy) is 1. The average molecular weight is 223 g/mol. The van der Waals surface area contributed by atoms with Crippen molar-refractivity contribution in [2.75, 3.05) is 13.2 Å². The summed E-state index contributed by atoms with van der Waals surface area (Å²) in [5.74, 6) is 0.461. The molecular weight excluding hydrogens is 205 g/mol. The third-order valence-corrected chi connectivity index (χ3v) is 2.17. The van der Waals surface area contributed by atoms with Gasteiger partial charge < -0.3 is 10.5 Å². The quantitative estimate of drug-likeness (QED) is 0.779. The first-order valence-electron chi connectivity index (χ1n) is 5.38. The molecule has 1 rings (SSSR count). The van der Waals surface area contributed by atoms with Crippen molar-refractivity contribution in [3.05, 3.63) is 41.2 Å². The van der Waals surface area contributed by atoms with Gasteiger partial charge in [-0.15, -0.1) is 0 Å². The Morgan fingerprint density at radius 1 is 1.44 bits per heavy atom. The zero-order valence-electron chi connectivity index (χ0n) is 9.79. The van der Waals surface area contributed by atoms with E-state index in [-0.39, 0.29) is 5.82 Å². The van der Waals surface area contributed by atoms with Gasteiger partial charge in [0.25, 0.3) is 0 Å². The minimum atomic E-state index is -0.252. The third-order valence-electron chi connectivity index (χ3n) is 2.17. The lowest BCUT2D eigenvalue weighted by Gasteiger charge is -2.09. The second-order valence-electron chi connectivity index (χ2n) is 3.88. The van der Waals surface area contributed by atoms with Gasteiger partial charge in [-0.2, -0.15) is 0 Å². The van der Waals surface area contributed by atoms with Gasteiger partial charge in [0, 0.05) is 0 Å². The van der Waals surface area contributed by atoms with Crippen molar-refractivity contribution >= 4 is 0 Å². The maximum atomic E-state index is 13.0. The summed E-state index contributed by atoms with van der Waals surface area (Å²) in [5.41, 5.74) is 7.49. The fourth-order valence-electron chi connectivity index (χ4n) is 1.34. The minimum absolute atomic E-state index is 0.252. The van der Waals surface area contributed by atoms with Crippen LogP contribution in [-0.4, -0.2) is 13.2 Å². The molecule has 0 heterocycles. The zero-order chi connectivity index (χ0) is 12.0. The van der Waals surface area contributed by atoms with Gasteiger partial charge in [0.15, 0.2) is 0 Å². The first-order valence-corrected chi connectivity index (χ1v) is 5.38. The number of nitrogens with two attached hydrogens (primary N) is 1. The van der Waals surface area contributed by atoms with Gasteiger partial charge in [0.05, 0.1) is 0 Å². The molecule has 0 spiro atoms. The Kier molecular flexibility index (Phi) is 4.99. The topological polar surface area (TPSA) is 35.2 Å². The summed E-state index contributed by atoms with van der Waals surface area (Å²) in [5, 5.41) is 0. The van der Waals surface area contributed by atoms with Gasteiger partial charge in [0.2, 0.25) is 0 Å². The predicted octanol–water partition coefficient (Wildman–Crippen LogP) is 2.67. The summed E-state index contributed by atoms with van der Waals surface area (Å²) in [4.78, 5) is 0. The van der Waals surface area contributed by atoms with Crippen LogP contribution in [0.1, 0.15) is 19.4 Å². The zero-order valence-corrected chi connectivity index (χ0v) is 9.79. The summed E-state index contributed by atoms with van der Waals surface area (Å²) < 4.78 is 18.6. The van der Waals surface area contributed by atoms with Crippen LogP contribution in [0.15, 0.2) is 29.8 Å². The maximum Gasteiger partial charge on any atom is 0.123 e. The predicted molar refractivity (Wildman–Crippen MR) is 64.1 cm³/mol. The summed E-state index contributed by atoms with van der Waals surface area (Å²) >= 11 is 0. The van der Waals surface area contributed by atoms with Gasteiger partial charge in [-0.1, -0.05) is 5.57 Å². The Labute approximate surface area is 95.9 Å². The van der Waals surface area contributed by atoms with E-state index in [1.165, 1.54) is 17.7 Å². The monoisotopic (exact) mass is 223 g/mol. The lowest BCUT2D eigenvalue weighted by Crippen LogP contribution is -2.06. The highest BCUT2D eigenvalue weighted by Gasteiger charge is 2.04. The van der Waals surface area contributed by atoms with Gasteiger partial charge in [-0.3, -0.25) is 0 Å². The Balaban J connectivity index is 2.74. The molecule has 1 aromatic rings. The van der Waals surface area contributed by atoms with E-state index in [0.717, 1.165) is 5.56 Å². The molecule has 2 nitrogen and oxygen atoms in total. The number of hydrogen-bond acceptors (Lipinski definition) is 2. The molecule has 0 aromatic heterocycles. The van der Waals surface area contributed by atoms with Crippen molar-refractivity contribution in [1.29, 1.82) is 0 Å². The van der Waals surface area contributed by atoms with E-state index in [0.29, 0.717) is 25.3 Å². The number of hydrogen-bond donors (Lipinski definition) is 1. The fourth-order valence-corrected chi connectivity index (χ4v) is 1.34. The molecular formula is C13H18FNO. The van der Waals surface area contributed by atoms with Crippen LogP contribution in [0.5, 0.6) is 5.75 Å². The Bertz CT molecular complexity index is 370. The number of halogens is 1. The number of benzene rings is 1. The molecule has 0 atom stereocenters. The molecule has 0 radical (unpaired) electrons. The second kappa shape index (κ2) is 6.28. The third kappa shape index (κ3) is 4.03. The number of rotatable bonds is 5.